The standard InChI is InChI=1S/C15H28N6/c1-5-21-8-6-12(7-9-21)20(4)14-10-13(19-16)17-15(18-14)11(2)3/h10-12H,5-9,16H2,1-4H3,(H,17,18,19). The summed E-state index contributed by atoms with van der Waals surface area (Å²) in [5, 5.41) is 0. The van der Waals surface area contributed by atoms with Gasteiger partial charge in [-0.1, -0.05) is 20.8 Å². The van der Waals surface area contributed by atoms with Gasteiger partial charge in [-0.05, 0) is 19.4 Å². The molecular formula is C15H28N6. The van der Waals surface area contributed by atoms with Crippen LogP contribution in [-0.4, -0.2) is 47.6 Å². The van der Waals surface area contributed by atoms with Gasteiger partial charge in [-0.15, -0.1) is 0 Å². The Bertz CT molecular complexity index is 453. The van der Waals surface area contributed by atoms with Crippen LogP contribution in [0.25, 0.3) is 0 Å². The first-order chi connectivity index (χ1) is 10.0. The molecule has 0 aliphatic carbocycles. The van der Waals surface area contributed by atoms with E-state index >= 15 is 0 Å². The number of nitrogen functional groups attached to an aromatic ring is 1. The van der Waals surface area contributed by atoms with Crippen molar-refractivity contribution in [1.29, 1.82) is 0 Å². The molecule has 118 valence electrons. The van der Waals surface area contributed by atoms with Crippen LogP contribution in [0.3, 0.4) is 0 Å². The Morgan fingerprint density at radius 2 is 2.05 bits per heavy atom. The minimum atomic E-state index is 0.285. The van der Waals surface area contributed by atoms with E-state index in [9.17, 15) is 0 Å². The predicted octanol–water partition coefficient (Wildman–Crippen LogP) is 1.81. The van der Waals surface area contributed by atoms with Crippen molar-refractivity contribution in [1.82, 2.24) is 14.9 Å². The summed E-state index contributed by atoms with van der Waals surface area (Å²) in [4.78, 5) is 13.9. The van der Waals surface area contributed by atoms with Crippen LogP contribution in [-0.2, 0) is 0 Å². The second-order valence-corrected chi connectivity index (χ2v) is 6.04. The number of piperidine rings is 1. The van der Waals surface area contributed by atoms with Crippen molar-refractivity contribution in [3.63, 3.8) is 0 Å². The van der Waals surface area contributed by atoms with Crippen molar-refractivity contribution in [3.05, 3.63) is 11.9 Å². The van der Waals surface area contributed by atoms with Crippen LogP contribution in [0.2, 0.25) is 0 Å². The van der Waals surface area contributed by atoms with Gasteiger partial charge in [0, 0.05) is 38.2 Å². The van der Waals surface area contributed by atoms with Crippen LogP contribution < -0.4 is 16.2 Å². The van der Waals surface area contributed by atoms with E-state index in [-0.39, 0.29) is 5.92 Å². The molecule has 0 unspecified atom stereocenters. The summed E-state index contributed by atoms with van der Waals surface area (Å²) in [5.74, 6) is 8.29. The van der Waals surface area contributed by atoms with Gasteiger partial charge in [-0.3, -0.25) is 0 Å². The lowest BCUT2D eigenvalue weighted by Gasteiger charge is -2.37. The van der Waals surface area contributed by atoms with Crippen molar-refractivity contribution < 1.29 is 0 Å². The highest BCUT2D eigenvalue weighted by atomic mass is 15.3. The Kier molecular flexibility index (Phi) is 5.36. The first kappa shape index (κ1) is 16.0. The zero-order chi connectivity index (χ0) is 15.4. The Balaban J connectivity index is 2.15. The molecule has 1 saturated heterocycles. The fourth-order valence-corrected chi connectivity index (χ4v) is 2.78. The second kappa shape index (κ2) is 7.04. The first-order valence-electron chi connectivity index (χ1n) is 7.86. The lowest BCUT2D eigenvalue weighted by molar-refractivity contribution is 0.220. The fraction of sp³-hybridized carbons (Fsp3) is 0.733. The number of aromatic nitrogens is 2. The number of rotatable bonds is 5. The molecule has 0 radical (unpaired) electrons. The molecule has 21 heavy (non-hydrogen) atoms. The van der Waals surface area contributed by atoms with E-state index in [1.165, 1.54) is 12.8 Å². The summed E-state index contributed by atoms with van der Waals surface area (Å²) in [5.41, 5.74) is 2.65. The number of nitrogens with two attached hydrogens (primary N) is 1. The van der Waals surface area contributed by atoms with Gasteiger partial charge >= 0.3 is 0 Å². The summed E-state index contributed by atoms with van der Waals surface area (Å²) >= 11 is 0. The molecular weight excluding hydrogens is 264 g/mol. The number of hydrogen-bond donors (Lipinski definition) is 2. The van der Waals surface area contributed by atoms with Crippen molar-refractivity contribution in [2.24, 2.45) is 5.84 Å². The topological polar surface area (TPSA) is 70.3 Å². The van der Waals surface area contributed by atoms with Crippen LogP contribution in [0.5, 0.6) is 0 Å². The number of anilines is 2. The minimum absolute atomic E-state index is 0.285. The largest absolute Gasteiger partial charge is 0.356 e. The van der Waals surface area contributed by atoms with Gasteiger partial charge < -0.3 is 15.2 Å². The van der Waals surface area contributed by atoms with Crippen molar-refractivity contribution in [2.45, 2.75) is 45.6 Å². The molecule has 3 N–H and O–H groups in total. The fourth-order valence-electron chi connectivity index (χ4n) is 2.78. The van der Waals surface area contributed by atoms with Gasteiger partial charge in [0.2, 0.25) is 0 Å². The zero-order valence-corrected chi connectivity index (χ0v) is 13.6. The molecule has 1 aromatic heterocycles. The third-order valence-corrected chi connectivity index (χ3v) is 4.31. The summed E-state index contributed by atoms with van der Waals surface area (Å²) in [7, 11) is 2.12. The van der Waals surface area contributed by atoms with Crippen LogP contribution in [0.15, 0.2) is 6.07 Å². The molecule has 0 bridgehead atoms. The molecule has 6 heteroatoms. The second-order valence-electron chi connectivity index (χ2n) is 6.04. The van der Waals surface area contributed by atoms with E-state index in [0.717, 1.165) is 31.3 Å². The van der Waals surface area contributed by atoms with Gasteiger partial charge in [0.05, 0.1) is 0 Å². The molecule has 0 spiro atoms. The summed E-state index contributed by atoms with van der Waals surface area (Å²) in [6, 6.07) is 2.46. The van der Waals surface area contributed by atoms with E-state index in [0.29, 0.717) is 11.9 Å². The quantitative estimate of drug-likeness (QED) is 0.637. The van der Waals surface area contributed by atoms with Crippen molar-refractivity contribution >= 4 is 11.6 Å². The summed E-state index contributed by atoms with van der Waals surface area (Å²) in [6.07, 6.45) is 2.35. The number of nitrogens with zero attached hydrogens (tertiary/aromatic N) is 4. The van der Waals surface area contributed by atoms with Gasteiger partial charge in [-0.25, -0.2) is 15.8 Å². The van der Waals surface area contributed by atoms with Crippen LogP contribution >= 0.6 is 0 Å². The predicted molar refractivity (Wildman–Crippen MR) is 87.5 cm³/mol. The molecule has 1 aliphatic rings. The van der Waals surface area contributed by atoms with E-state index in [2.05, 4.69) is 48.0 Å². The number of hydrazine groups is 1. The highest BCUT2D eigenvalue weighted by Gasteiger charge is 2.23. The maximum Gasteiger partial charge on any atom is 0.145 e. The SMILES string of the molecule is CCN1CCC(N(C)c2cc(NN)nc(C(C)C)n2)CC1. The monoisotopic (exact) mass is 292 g/mol. The summed E-state index contributed by atoms with van der Waals surface area (Å²) < 4.78 is 0. The molecule has 0 aromatic carbocycles. The van der Waals surface area contributed by atoms with E-state index < -0.39 is 0 Å². The minimum Gasteiger partial charge on any atom is -0.356 e. The Morgan fingerprint density at radius 3 is 2.57 bits per heavy atom. The van der Waals surface area contributed by atoms with Crippen molar-refractivity contribution in [2.75, 3.05) is 37.0 Å². The van der Waals surface area contributed by atoms with Gasteiger partial charge in [0.25, 0.3) is 0 Å². The smallest absolute Gasteiger partial charge is 0.145 e. The molecule has 2 rings (SSSR count). The Labute approximate surface area is 127 Å². The van der Waals surface area contributed by atoms with E-state index in [1.807, 2.05) is 6.07 Å². The Hall–Kier alpha value is -1.40. The highest BCUT2D eigenvalue weighted by molar-refractivity contribution is 5.49. The molecule has 1 aromatic rings. The Morgan fingerprint density at radius 1 is 1.38 bits per heavy atom. The molecule has 1 aliphatic heterocycles. The van der Waals surface area contributed by atoms with E-state index in [1.54, 1.807) is 0 Å². The van der Waals surface area contributed by atoms with E-state index in [4.69, 9.17) is 10.8 Å². The molecule has 0 saturated carbocycles. The zero-order valence-electron chi connectivity index (χ0n) is 13.6. The maximum absolute atomic E-state index is 5.54. The lowest BCUT2D eigenvalue weighted by Crippen LogP contribution is -2.43. The number of hydrogen-bond acceptors (Lipinski definition) is 6. The van der Waals surface area contributed by atoms with Crippen molar-refractivity contribution in [3.8, 4) is 0 Å². The van der Waals surface area contributed by atoms with Crippen LogP contribution in [0, 0.1) is 0 Å². The molecule has 1 fully saturated rings. The van der Waals surface area contributed by atoms with Gasteiger partial charge in [0.1, 0.15) is 17.5 Å². The van der Waals surface area contributed by atoms with Crippen LogP contribution in [0.4, 0.5) is 11.6 Å². The third-order valence-electron chi connectivity index (χ3n) is 4.31. The average molecular weight is 292 g/mol. The molecule has 6 nitrogen and oxygen atoms in total. The maximum atomic E-state index is 5.54. The average Bonchev–Trinajstić information content (AvgIpc) is 2.53. The first-order valence-corrected chi connectivity index (χ1v) is 7.86. The van der Waals surface area contributed by atoms with Crippen LogP contribution in [0.1, 0.15) is 45.4 Å². The number of likely N-dealkylation sites (tertiary alicyclic amines) is 1. The summed E-state index contributed by atoms with van der Waals surface area (Å²) in [6.45, 7) is 9.88. The molecule has 0 atom stereocenters. The van der Waals surface area contributed by atoms with Gasteiger partial charge in [0.15, 0.2) is 0 Å². The van der Waals surface area contributed by atoms with Gasteiger partial charge in [-0.2, -0.15) is 0 Å². The molecule has 2 heterocycles. The lowest BCUT2D eigenvalue weighted by atomic mass is 10.0. The number of nitrogens with one attached hydrogen (secondary N) is 1. The normalized spacial score (nSPS) is 17.2. The third kappa shape index (κ3) is 3.83. The highest BCUT2D eigenvalue weighted by Crippen LogP contribution is 2.24. The molecule has 0 amide bonds.